The Bertz CT molecular complexity index is 855. The van der Waals surface area contributed by atoms with E-state index in [1.807, 2.05) is 0 Å². The molecule has 0 spiro atoms. The van der Waals surface area contributed by atoms with Crippen LogP contribution in [0.25, 0.3) is 0 Å². The number of nitrogens with one attached hydrogen (secondary N) is 1. The smallest absolute Gasteiger partial charge is 0.338 e. The van der Waals surface area contributed by atoms with Crippen molar-refractivity contribution in [3.05, 3.63) is 68.7 Å². The number of ether oxygens (including phenoxy) is 2. The molecule has 0 aliphatic rings. The third-order valence-electron chi connectivity index (χ3n) is 3.46. The SMILES string of the molecule is CCOc1ccc(C(=O)OCC(=O)NCc2ccccc2Cl)cc1[N+](=O)[O-]. The standard InChI is InChI=1S/C18H17ClN2O6/c1-2-26-16-8-7-12(9-15(16)21(24)25)18(23)27-11-17(22)20-10-13-5-3-4-6-14(13)19/h3-9H,2,10-11H2,1H3,(H,20,22). The van der Waals surface area contributed by atoms with Crippen LogP contribution in [0.5, 0.6) is 5.75 Å². The lowest BCUT2D eigenvalue weighted by molar-refractivity contribution is -0.385. The van der Waals surface area contributed by atoms with E-state index in [0.29, 0.717) is 5.02 Å². The number of hydrogen-bond donors (Lipinski definition) is 1. The number of nitro benzene ring substituents is 1. The molecule has 0 aliphatic carbocycles. The fourth-order valence-electron chi connectivity index (χ4n) is 2.17. The molecule has 0 radical (unpaired) electrons. The third kappa shape index (κ3) is 5.68. The van der Waals surface area contributed by atoms with Crippen LogP contribution < -0.4 is 10.1 Å². The molecule has 2 rings (SSSR count). The van der Waals surface area contributed by atoms with E-state index in [9.17, 15) is 19.7 Å². The number of amides is 1. The van der Waals surface area contributed by atoms with Gasteiger partial charge in [-0.2, -0.15) is 0 Å². The number of nitro groups is 1. The number of benzene rings is 2. The van der Waals surface area contributed by atoms with Crippen molar-refractivity contribution in [2.24, 2.45) is 0 Å². The van der Waals surface area contributed by atoms with Crippen LogP contribution in [0, 0.1) is 10.1 Å². The molecule has 0 heterocycles. The number of nitrogens with zero attached hydrogens (tertiary/aromatic N) is 1. The molecule has 9 heteroatoms. The Hall–Kier alpha value is -3.13. The number of carbonyl (C=O) groups excluding carboxylic acids is 2. The largest absolute Gasteiger partial charge is 0.487 e. The Kier molecular flexibility index (Phi) is 7.13. The lowest BCUT2D eigenvalue weighted by Crippen LogP contribution is -2.28. The topological polar surface area (TPSA) is 108 Å². The molecule has 2 aromatic carbocycles. The van der Waals surface area contributed by atoms with E-state index < -0.39 is 23.4 Å². The predicted molar refractivity (Wildman–Crippen MR) is 97.8 cm³/mol. The van der Waals surface area contributed by atoms with Gasteiger partial charge in [-0.15, -0.1) is 0 Å². The minimum absolute atomic E-state index is 0.0518. The van der Waals surface area contributed by atoms with Crippen molar-refractivity contribution in [2.45, 2.75) is 13.5 Å². The van der Waals surface area contributed by atoms with Gasteiger partial charge in [0.15, 0.2) is 12.4 Å². The highest BCUT2D eigenvalue weighted by Crippen LogP contribution is 2.28. The number of rotatable bonds is 8. The molecule has 142 valence electrons. The molecule has 1 amide bonds. The summed E-state index contributed by atoms with van der Waals surface area (Å²) < 4.78 is 10.0. The average molecular weight is 393 g/mol. The van der Waals surface area contributed by atoms with Crippen molar-refractivity contribution >= 4 is 29.2 Å². The lowest BCUT2D eigenvalue weighted by Gasteiger charge is -2.09. The summed E-state index contributed by atoms with van der Waals surface area (Å²) >= 11 is 5.99. The summed E-state index contributed by atoms with van der Waals surface area (Å²) in [5.74, 6) is -1.32. The predicted octanol–water partition coefficient (Wildman–Crippen LogP) is 3.12. The lowest BCUT2D eigenvalue weighted by atomic mass is 10.2. The summed E-state index contributed by atoms with van der Waals surface area (Å²) in [6.45, 7) is 1.60. The second-order valence-corrected chi connectivity index (χ2v) is 5.72. The van der Waals surface area contributed by atoms with Gasteiger partial charge < -0.3 is 14.8 Å². The molecule has 0 fully saturated rings. The van der Waals surface area contributed by atoms with Gasteiger partial charge in [0.05, 0.1) is 17.1 Å². The zero-order valence-corrected chi connectivity index (χ0v) is 15.2. The first-order chi connectivity index (χ1) is 12.9. The molecule has 0 bridgehead atoms. The molecule has 27 heavy (non-hydrogen) atoms. The minimum atomic E-state index is -0.853. The highest BCUT2D eigenvalue weighted by atomic mass is 35.5. The number of hydrogen-bond acceptors (Lipinski definition) is 6. The highest BCUT2D eigenvalue weighted by Gasteiger charge is 2.20. The number of carbonyl (C=O) groups is 2. The van der Waals surface area contributed by atoms with Crippen LogP contribution in [0.4, 0.5) is 5.69 Å². The van der Waals surface area contributed by atoms with E-state index in [1.54, 1.807) is 31.2 Å². The Morgan fingerprint density at radius 3 is 2.63 bits per heavy atom. The van der Waals surface area contributed by atoms with E-state index >= 15 is 0 Å². The van der Waals surface area contributed by atoms with Crippen molar-refractivity contribution < 1.29 is 24.0 Å². The summed E-state index contributed by atoms with van der Waals surface area (Å²) in [5.41, 5.74) is 0.319. The van der Waals surface area contributed by atoms with Crippen molar-refractivity contribution in [1.82, 2.24) is 5.32 Å². The molecule has 0 aliphatic heterocycles. The molecular formula is C18H17ClN2O6. The fraction of sp³-hybridized carbons (Fsp3) is 0.222. The molecule has 2 aromatic rings. The van der Waals surface area contributed by atoms with Gasteiger partial charge in [-0.3, -0.25) is 14.9 Å². The van der Waals surface area contributed by atoms with E-state index in [-0.39, 0.29) is 30.2 Å². The van der Waals surface area contributed by atoms with Crippen LogP contribution in [0.1, 0.15) is 22.8 Å². The van der Waals surface area contributed by atoms with Crippen LogP contribution >= 0.6 is 11.6 Å². The van der Waals surface area contributed by atoms with Gasteiger partial charge >= 0.3 is 11.7 Å². The van der Waals surface area contributed by atoms with Gasteiger partial charge in [0.2, 0.25) is 0 Å². The van der Waals surface area contributed by atoms with Crippen molar-refractivity contribution in [3.8, 4) is 5.75 Å². The normalized spacial score (nSPS) is 10.1. The van der Waals surface area contributed by atoms with Crippen molar-refractivity contribution in [1.29, 1.82) is 0 Å². The minimum Gasteiger partial charge on any atom is -0.487 e. The van der Waals surface area contributed by atoms with Gasteiger partial charge in [0.25, 0.3) is 5.91 Å². The summed E-state index contributed by atoms with van der Waals surface area (Å²) in [6.07, 6.45) is 0. The quantitative estimate of drug-likeness (QED) is 0.420. The van der Waals surface area contributed by atoms with Gasteiger partial charge in [0.1, 0.15) is 0 Å². The number of halogens is 1. The molecule has 0 aromatic heterocycles. The van der Waals surface area contributed by atoms with Crippen LogP contribution in [0.3, 0.4) is 0 Å². The van der Waals surface area contributed by atoms with Crippen LogP contribution in [-0.4, -0.2) is 30.0 Å². The maximum atomic E-state index is 12.0. The first-order valence-electron chi connectivity index (χ1n) is 8.00. The van der Waals surface area contributed by atoms with E-state index in [0.717, 1.165) is 11.6 Å². The highest BCUT2D eigenvalue weighted by molar-refractivity contribution is 6.31. The molecule has 0 saturated carbocycles. The maximum Gasteiger partial charge on any atom is 0.338 e. The molecule has 0 saturated heterocycles. The van der Waals surface area contributed by atoms with Crippen molar-refractivity contribution in [2.75, 3.05) is 13.2 Å². The van der Waals surface area contributed by atoms with Crippen LogP contribution in [0.2, 0.25) is 5.02 Å². The Morgan fingerprint density at radius 1 is 1.22 bits per heavy atom. The van der Waals surface area contributed by atoms with E-state index in [4.69, 9.17) is 21.1 Å². The Morgan fingerprint density at radius 2 is 1.96 bits per heavy atom. The molecule has 0 unspecified atom stereocenters. The summed E-state index contributed by atoms with van der Waals surface area (Å²) in [7, 11) is 0. The zero-order valence-electron chi connectivity index (χ0n) is 14.4. The third-order valence-corrected chi connectivity index (χ3v) is 3.83. The summed E-state index contributed by atoms with van der Waals surface area (Å²) in [5, 5.41) is 14.2. The van der Waals surface area contributed by atoms with Gasteiger partial charge in [0, 0.05) is 17.6 Å². The first kappa shape index (κ1) is 20.2. The van der Waals surface area contributed by atoms with Crippen LogP contribution in [0.15, 0.2) is 42.5 Å². The van der Waals surface area contributed by atoms with E-state index in [2.05, 4.69) is 5.32 Å². The average Bonchev–Trinajstić information content (AvgIpc) is 2.65. The fourth-order valence-corrected chi connectivity index (χ4v) is 2.37. The zero-order chi connectivity index (χ0) is 19.8. The monoisotopic (exact) mass is 392 g/mol. The Balaban J connectivity index is 1.93. The van der Waals surface area contributed by atoms with Gasteiger partial charge in [-0.25, -0.2) is 4.79 Å². The second-order valence-electron chi connectivity index (χ2n) is 5.32. The molecule has 0 atom stereocenters. The van der Waals surface area contributed by atoms with Gasteiger partial charge in [-0.05, 0) is 30.7 Å². The Labute approximate surface area is 160 Å². The summed E-state index contributed by atoms with van der Waals surface area (Å²) in [6, 6.07) is 10.7. The van der Waals surface area contributed by atoms with E-state index in [1.165, 1.54) is 12.1 Å². The van der Waals surface area contributed by atoms with Crippen LogP contribution in [-0.2, 0) is 16.1 Å². The van der Waals surface area contributed by atoms with Crippen molar-refractivity contribution in [3.63, 3.8) is 0 Å². The molecule has 1 N–H and O–H groups in total. The second kappa shape index (κ2) is 9.54. The molecule has 8 nitrogen and oxygen atoms in total. The van der Waals surface area contributed by atoms with Gasteiger partial charge in [-0.1, -0.05) is 29.8 Å². The summed E-state index contributed by atoms with van der Waals surface area (Å²) in [4.78, 5) is 34.3. The molecular weight excluding hydrogens is 376 g/mol. The maximum absolute atomic E-state index is 12.0. The number of esters is 1. The first-order valence-corrected chi connectivity index (χ1v) is 8.38.